The summed E-state index contributed by atoms with van der Waals surface area (Å²) in [6.45, 7) is 1.52. The molecule has 1 atom stereocenters. The van der Waals surface area contributed by atoms with Gasteiger partial charge in [-0.2, -0.15) is 0 Å². The van der Waals surface area contributed by atoms with E-state index in [-0.39, 0.29) is 22.5 Å². The number of halogens is 2. The molecular formula is C14H17ClFNO. The molecule has 0 radical (unpaired) electrons. The topological polar surface area (TPSA) is 21.3 Å². The maximum atomic E-state index is 13.1. The number of benzene rings is 1. The van der Waals surface area contributed by atoms with Crippen LogP contribution in [0.3, 0.4) is 0 Å². The predicted octanol–water partition coefficient (Wildman–Crippen LogP) is 3.45. The standard InChI is InChI=1S/C14H17ClFNO/c15-11-7-10(3-4-12(11)16)13-8-17-14(9-18-13)5-1-2-6-14/h3-4,7,13,17H,1-2,5-6,8-9H2. The van der Waals surface area contributed by atoms with Gasteiger partial charge in [-0.15, -0.1) is 0 Å². The summed E-state index contributed by atoms with van der Waals surface area (Å²) >= 11 is 5.80. The quantitative estimate of drug-likeness (QED) is 0.843. The minimum absolute atomic E-state index is 0.0191. The fourth-order valence-electron chi connectivity index (χ4n) is 2.98. The summed E-state index contributed by atoms with van der Waals surface area (Å²) in [5.41, 5.74) is 1.14. The average molecular weight is 270 g/mol. The van der Waals surface area contributed by atoms with Gasteiger partial charge in [0.2, 0.25) is 0 Å². The van der Waals surface area contributed by atoms with E-state index in [1.807, 2.05) is 0 Å². The molecule has 98 valence electrons. The number of hydrogen-bond donors (Lipinski definition) is 1. The molecule has 1 aromatic rings. The van der Waals surface area contributed by atoms with Crippen molar-refractivity contribution in [2.75, 3.05) is 13.2 Å². The molecule has 1 aliphatic heterocycles. The van der Waals surface area contributed by atoms with Crippen molar-refractivity contribution in [1.82, 2.24) is 5.32 Å². The van der Waals surface area contributed by atoms with E-state index in [1.54, 1.807) is 12.1 Å². The fourth-order valence-corrected chi connectivity index (χ4v) is 3.17. The minimum Gasteiger partial charge on any atom is -0.370 e. The highest BCUT2D eigenvalue weighted by molar-refractivity contribution is 6.30. The molecule has 2 nitrogen and oxygen atoms in total. The van der Waals surface area contributed by atoms with Gasteiger partial charge in [0, 0.05) is 12.1 Å². The van der Waals surface area contributed by atoms with Gasteiger partial charge < -0.3 is 10.1 Å². The lowest BCUT2D eigenvalue weighted by molar-refractivity contribution is -0.0326. The van der Waals surface area contributed by atoms with Crippen LogP contribution >= 0.6 is 11.6 Å². The van der Waals surface area contributed by atoms with Gasteiger partial charge in [0.1, 0.15) is 5.82 Å². The summed E-state index contributed by atoms with van der Waals surface area (Å²) in [6.07, 6.45) is 4.94. The maximum absolute atomic E-state index is 13.1. The van der Waals surface area contributed by atoms with Crippen molar-refractivity contribution >= 4 is 11.6 Å². The summed E-state index contributed by atoms with van der Waals surface area (Å²) in [5, 5.41) is 3.78. The maximum Gasteiger partial charge on any atom is 0.141 e. The first kappa shape index (κ1) is 12.4. The van der Waals surface area contributed by atoms with E-state index in [1.165, 1.54) is 31.7 Å². The largest absolute Gasteiger partial charge is 0.370 e. The Labute approximate surface area is 111 Å². The predicted molar refractivity (Wildman–Crippen MR) is 69.3 cm³/mol. The Morgan fingerprint density at radius 2 is 2.11 bits per heavy atom. The molecule has 1 aliphatic carbocycles. The third-order valence-electron chi connectivity index (χ3n) is 4.10. The van der Waals surface area contributed by atoms with Crippen LogP contribution in [-0.4, -0.2) is 18.7 Å². The molecule has 1 saturated heterocycles. The average Bonchev–Trinajstić information content (AvgIpc) is 2.82. The zero-order chi connectivity index (χ0) is 12.6. The Hall–Kier alpha value is -0.640. The van der Waals surface area contributed by atoms with Crippen molar-refractivity contribution in [3.05, 3.63) is 34.6 Å². The van der Waals surface area contributed by atoms with Crippen molar-refractivity contribution in [3.63, 3.8) is 0 Å². The Morgan fingerprint density at radius 1 is 1.33 bits per heavy atom. The molecule has 3 rings (SSSR count). The minimum atomic E-state index is -0.378. The molecule has 1 N–H and O–H groups in total. The van der Waals surface area contributed by atoms with Crippen molar-refractivity contribution < 1.29 is 9.13 Å². The first-order valence-corrected chi connectivity index (χ1v) is 6.88. The van der Waals surface area contributed by atoms with Gasteiger partial charge in [-0.3, -0.25) is 0 Å². The zero-order valence-electron chi connectivity index (χ0n) is 10.2. The summed E-state index contributed by atoms with van der Waals surface area (Å²) in [4.78, 5) is 0. The molecule has 2 aliphatic rings. The number of rotatable bonds is 1. The van der Waals surface area contributed by atoms with E-state index in [9.17, 15) is 4.39 Å². The summed E-state index contributed by atoms with van der Waals surface area (Å²) in [7, 11) is 0. The summed E-state index contributed by atoms with van der Waals surface area (Å²) in [6, 6.07) is 4.82. The van der Waals surface area contributed by atoms with Crippen molar-refractivity contribution in [2.45, 2.75) is 37.3 Å². The van der Waals surface area contributed by atoms with Gasteiger partial charge >= 0.3 is 0 Å². The lowest BCUT2D eigenvalue weighted by Gasteiger charge is -2.38. The second-order valence-electron chi connectivity index (χ2n) is 5.34. The van der Waals surface area contributed by atoms with Crippen LogP contribution in [0.2, 0.25) is 5.02 Å². The van der Waals surface area contributed by atoms with Crippen molar-refractivity contribution in [2.24, 2.45) is 0 Å². The third kappa shape index (κ3) is 2.27. The highest BCUT2D eigenvalue weighted by Gasteiger charge is 2.38. The highest BCUT2D eigenvalue weighted by atomic mass is 35.5. The second kappa shape index (κ2) is 4.80. The van der Waals surface area contributed by atoms with Crippen molar-refractivity contribution in [1.29, 1.82) is 0 Å². The van der Waals surface area contributed by atoms with E-state index < -0.39 is 0 Å². The van der Waals surface area contributed by atoms with E-state index in [2.05, 4.69) is 5.32 Å². The lowest BCUT2D eigenvalue weighted by Crippen LogP contribution is -2.53. The highest BCUT2D eigenvalue weighted by Crippen LogP contribution is 2.35. The number of nitrogens with one attached hydrogen (secondary N) is 1. The summed E-state index contributed by atoms with van der Waals surface area (Å²) in [5.74, 6) is -0.378. The smallest absolute Gasteiger partial charge is 0.141 e. The van der Waals surface area contributed by atoms with Crippen LogP contribution in [0.25, 0.3) is 0 Å². The van der Waals surface area contributed by atoms with Gasteiger partial charge in [0.25, 0.3) is 0 Å². The lowest BCUT2D eigenvalue weighted by atomic mass is 9.95. The van der Waals surface area contributed by atoms with E-state index in [4.69, 9.17) is 16.3 Å². The van der Waals surface area contributed by atoms with Crippen LogP contribution in [0.1, 0.15) is 37.4 Å². The molecule has 1 unspecified atom stereocenters. The van der Waals surface area contributed by atoms with Gasteiger partial charge in [-0.05, 0) is 30.5 Å². The number of hydrogen-bond acceptors (Lipinski definition) is 2. The van der Waals surface area contributed by atoms with Gasteiger partial charge in [-0.25, -0.2) is 4.39 Å². The SMILES string of the molecule is Fc1ccc(C2CNC3(CCCC3)CO2)cc1Cl. The van der Waals surface area contributed by atoms with Crippen LogP contribution < -0.4 is 5.32 Å². The normalized spacial score (nSPS) is 26.7. The molecule has 1 saturated carbocycles. The first-order chi connectivity index (χ1) is 8.69. The second-order valence-corrected chi connectivity index (χ2v) is 5.75. The van der Waals surface area contributed by atoms with E-state index in [0.717, 1.165) is 18.7 Å². The summed E-state index contributed by atoms with van der Waals surface area (Å²) < 4.78 is 19.1. The molecule has 1 aromatic carbocycles. The van der Waals surface area contributed by atoms with Crippen LogP contribution in [0.4, 0.5) is 4.39 Å². The molecule has 18 heavy (non-hydrogen) atoms. The number of ether oxygens (including phenoxy) is 1. The van der Waals surface area contributed by atoms with Crippen LogP contribution in [-0.2, 0) is 4.74 Å². The molecule has 2 fully saturated rings. The van der Waals surface area contributed by atoms with Crippen LogP contribution in [0.15, 0.2) is 18.2 Å². The fraction of sp³-hybridized carbons (Fsp3) is 0.571. The first-order valence-electron chi connectivity index (χ1n) is 6.50. The van der Waals surface area contributed by atoms with E-state index >= 15 is 0 Å². The Bertz CT molecular complexity index is 435. The Morgan fingerprint density at radius 3 is 2.72 bits per heavy atom. The molecule has 0 bridgehead atoms. The van der Waals surface area contributed by atoms with Crippen LogP contribution in [0.5, 0.6) is 0 Å². The van der Waals surface area contributed by atoms with Gasteiger partial charge in [-0.1, -0.05) is 30.5 Å². The molecule has 4 heteroatoms. The molecule has 1 spiro atoms. The van der Waals surface area contributed by atoms with Gasteiger partial charge in [0.05, 0.1) is 17.7 Å². The monoisotopic (exact) mass is 269 g/mol. The Kier molecular flexibility index (Phi) is 3.31. The Balaban J connectivity index is 1.70. The molecule has 0 amide bonds. The molecular weight excluding hydrogens is 253 g/mol. The van der Waals surface area contributed by atoms with E-state index in [0.29, 0.717) is 0 Å². The third-order valence-corrected chi connectivity index (χ3v) is 4.39. The van der Waals surface area contributed by atoms with Crippen molar-refractivity contribution in [3.8, 4) is 0 Å². The molecule has 0 aromatic heterocycles. The molecule has 1 heterocycles. The zero-order valence-corrected chi connectivity index (χ0v) is 11.0. The van der Waals surface area contributed by atoms with Crippen LogP contribution in [0, 0.1) is 5.82 Å². The number of morpholine rings is 1. The van der Waals surface area contributed by atoms with Gasteiger partial charge in [0.15, 0.2) is 0 Å².